The summed E-state index contributed by atoms with van der Waals surface area (Å²) in [6.45, 7) is 7.98. The van der Waals surface area contributed by atoms with Crippen LogP contribution in [-0.2, 0) is 0 Å². The van der Waals surface area contributed by atoms with Crippen LogP contribution in [0.15, 0.2) is 0 Å². The summed E-state index contributed by atoms with van der Waals surface area (Å²) < 4.78 is 0. The Labute approximate surface area is 95.8 Å². The number of hydrogen-bond acceptors (Lipinski definition) is 1. The number of rotatable bonds is 3. The van der Waals surface area contributed by atoms with Crippen molar-refractivity contribution in [3.05, 3.63) is 0 Å². The molecule has 15 heavy (non-hydrogen) atoms. The molecule has 0 bridgehead atoms. The third-order valence-electron chi connectivity index (χ3n) is 3.74. The number of nitrogens with two attached hydrogens (primary N) is 1. The van der Waals surface area contributed by atoms with Crippen molar-refractivity contribution in [3.8, 4) is 0 Å². The van der Waals surface area contributed by atoms with Gasteiger partial charge in [0.2, 0.25) is 0 Å². The maximum absolute atomic E-state index is 5.81. The van der Waals surface area contributed by atoms with Crippen LogP contribution < -0.4 is 5.73 Å². The van der Waals surface area contributed by atoms with Gasteiger partial charge in [-0.25, -0.2) is 0 Å². The first kappa shape index (κ1) is 13.0. The summed E-state index contributed by atoms with van der Waals surface area (Å²) in [6, 6.07) is 0. The zero-order chi connectivity index (χ0) is 11.4. The molecule has 1 saturated carbocycles. The van der Waals surface area contributed by atoms with Gasteiger partial charge in [0.05, 0.1) is 0 Å². The van der Waals surface area contributed by atoms with Gasteiger partial charge in [-0.3, -0.25) is 0 Å². The molecule has 0 heterocycles. The molecule has 0 aromatic carbocycles. The fourth-order valence-corrected chi connectivity index (χ4v) is 3.42. The lowest BCUT2D eigenvalue weighted by atomic mass is 9.67. The van der Waals surface area contributed by atoms with Crippen LogP contribution in [0.3, 0.4) is 0 Å². The van der Waals surface area contributed by atoms with E-state index < -0.39 is 0 Å². The summed E-state index contributed by atoms with van der Waals surface area (Å²) in [7, 11) is 0. The highest BCUT2D eigenvalue weighted by molar-refractivity contribution is 4.86. The lowest BCUT2D eigenvalue weighted by Crippen LogP contribution is -2.29. The minimum absolute atomic E-state index is 0.458. The second-order valence-electron chi connectivity index (χ2n) is 6.69. The molecule has 1 aliphatic rings. The lowest BCUT2D eigenvalue weighted by Gasteiger charge is -2.38. The second-order valence-corrected chi connectivity index (χ2v) is 6.69. The van der Waals surface area contributed by atoms with Gasteiger partial charge >= 0.3 is 0 Å². The molecule has 1 fully saturated rings. The van der Waals surface area contributed by atoms with Gasteiger partial charge < -0.3 is 5.73 Å². The zero-order valence-electron chi connectivity index (χ0n) is 10.9. The fraction of sp³-hybridized carbons (Fsp3) is 1.00. The molecule has 0 atom stereocenters. The second kappa shape index (κ2) is 5.34. The first-order chi connectivity index (χ1) is 6.97. The Balaban J connectivity index is 2.66. The lowest BCUT2D eigenvalue weighted by molar-refractivity contribution is 0.135. The van der Waals surface area contributed by atoms with Gasteiger partial charge in [0.1, 0.15) is 0 Å². The van der Waals surface area contributed by atoms with Crippen molar-refractivity contribution in [2.24, 2.45) is 16.6 Å². The summed E-state index contributed by atoms with van der Waals surface area (Å²) >= 11 is 0. The SMILES string of the molecule is CC(C)(C)CC1(CCN)CCCCCC1. The van der Waals surface area contributed by atoms with E-state index in [4.69, 9.17) is 5.73 Å². The Morgan fingerprint density at radius 3 is 1.93 bits per heavy atom. The van der Waals surface area contributed by atoms with Crippen molar-refractivity contribution >= 4 is 0 Å². The predicted molar refractivity (Wildman–Crippen MR) is 67.9 cm³/mol. The molecule has 0 amide bonds. The van der Waals surface area contributed by atoms with Gasteiger partial charge in [0.25, 0.3) is 0 Å². The molecule has 1 nitrogen and oxygen atoms in total. The highest BCUT2D eigenvalue weighted by Crippen LogP contribution is 2.45. The Bertz CT molecular complexity index is 170. The van der Waals surface area contributed by atoms with E-state index in [1.807, 2.05) is 0 Å². The number of hydrogen-bond donors (Lipinski definition) is 1. The van der Waals surface area contributed by atoms with Crippen LogP contribution in [-0.4, -0.2) is 6.54 Å². The van der Waals surface area contributed by atoms with Crippen molar-refractivity contribution in [1.82, 2.24) is 0 Å². The Kier molecular flexibility index (Phi) is 4.64. The van der Waals surface area contributed by atoms with Crippen molar-refractivity contribution in [2.45, 2.75) is 72.1 Å². The average Bonchev–Trinajstić information content (AvgIpc) is 2.28. The van der Waals surface area contributed by atoms with E-state index in [0.717, 1.165) is 6.54 Å². The molecule has 0 unspecified atom stereocenters. The quantitative estimate of drug-likeness (QED) is 0.698. The molecule has 0 aliphatic heterocycles. The first-order valence-corrected chi connectivity index (χ1v) is 6.68. The van der Waals surface area contributed by atoms with E-state index in [1.54, 1.807) is 0 Å². The molecule has 0 aromatic heterocycles. The maximum atomic E-state index is 5.81. The van der Waals surface area contributed by atoms with Crippen LogP contribution in [0.5, 0.6) is 0 Å². The molecule has 0 spiro atoms. The van der Waals surface area contributed by atoms with Crippen LogP contribution in [0.25, 0.3) is 0 Å². The molecule has 0 radical (unpaired) electrons. The van der Waals surface area contributed by atoms with Gasteiger partial charge in [-0.15, -0.1) is 0 Å². The molecule has 0 aromatic rings. The van der Waals surface area contributed by atoms with Crippen LogP contribution in [0.1, 0.15) is 72.1 Å². The largest absolute Gasteiger partial charge is 0.330 e. The van der Waals surface area contributed by atoms with Crippen LogP contribution in [0.4, 0.5) is 0 Å². The van der Waals surface area contributed by atoms with E-state index in [-0.39, 0.29) is 0 Å². The minimum Gasteiger partial charge on any atom is -0.330 e. The third kappa shape index (κ3) is 4.55. The molecular weight excluding hydrogens is 182 g/mol. The summed E-state index contributed by atoms with van der Waals surface area (Å²) in [4.78, 5) is 0. The topological polar surface area (TPSA) is 26.0 Å². The van der Waals surface area contributed by atoms with Crippen molar-refractivity contribution in [2.75, 3.05) is 6.54 Å². The molecule has 2 N–H and O–H groups in total. The van der Waals surface area contributed by atoms with Crippen molar-refractivity contribution in [1.29, 1.82) is 0 Å². The zero-order valence-corrected chi connectivity index (χ0v) is 10.9. The Hall–Kier alpha value is -0.0400. The molecule has 1 heteroatoms. The monoisotopic (exact) mass is 211 g/mol. The van der Waals surface area contributed by atoms with Crippen molar-refractivity contribution < 1.29 is 0 Å². The smallest absolute Gasteiger partial charge is 0.00720 e. The van der Waals surface area contributed by atoms with Crippen molar-refractivity contribution in [3.63, 3.8) is 0 Å². The maximum Gasteiger partial charge on any atom is -0.00720 e. The van der Waals surface area contributed by atoms with Gasteiger partial charge in [-0.1, -0.05) is 46.5 Å². The van der Waals surface area contributed by atoms with E-state index in [0.29, 0.717) is 10.8 Å². The molecule has 90 valence electrons. The summed E-state index contributed by atoms with van der Waals surface area (Å²) in [6.07, 6.45) is 11.2. The van der Waals surface area contributed by atoms with Crippen LogP contribution in [0.2, 0.25) is 0 Å². The molecule has 0 saturated heterocycles. The van der Waals surface area contributed by atoms with Crippen LogP contribution in [0, 0.1) is 10.8 Å². The van der Waals surface area contributed by atoms with E-state index in [9.17, 15) is 0 Å². The third-order valence-corrected chi connectivity index (χ3v) is 3.74. The Morgan fingerprint density at radius 2 is 1.53 bits per heavy atom. The molecule has 1 aliphatic carbocycles. The Morgan fingerprint density at radius 1 is 1.00 bits per heavy atom. The summed E-state index contributed by atoms with van der Waals surface area (Å²) in [5, 5.41) is 0. The standard InChI is InChI=1S/C14H29N/c1-13(2,3)12-14(10-11-15)8-6-4-5-7-9-14/h4-12,15H2,1-3H3. The summed E-state index contributed by atoms with van der Waals surface area (Å²) in [5.74, 6) is 0. The molecular formula is C14H29N. The summed E-state index contributed by atoms with van der Waals surface area (Å²) in [5.41, 5.74) is 6.85. The first-order valence-electron chi connectivity index (χ1n) is 6.68. The van der Waals surface area contributed by atoms with Gasteiger partial charge in [0.15, 0.2) is 0 Å². The normalized spacial score (nSPS) is 22.4. The van der Waals surface area contributed by atoms with Crippen LogP contribution >= 0.6 is 0 Å². The van der Waals surface area contributed by atoms with Gasteiger partial charge in [-0.2, -0.15) is 0 Å². The minimum atomic E-state index is 0.458. The predicted octanol–water partition coefficient (Wildman–Crippen LogP) is 4.11. The fourth-order valence-electron chi connectivity index (χ4n) is 3.42. The van der Waals surface area contributed by atoms with E-state index in [2.05, 4.69) is 20.8 Å². The molecule has 1 rings (SSSR count). The average molecular weight is 211 g/mol. The highest BCUT2D eigenvalue weighted by atomic mass is 14.5. The van der Waals surface area contributed by atoms with E-state index >= 15 is 0 Å². The highest BCUT2D eigenvalue weighted by Gasteiger charge is 2.33. The van der Waals surface area contributed by atoms with E-state index in [1.165, 1.54) is 51.4 Å². The van der Waals surface area contributed by atoms with Gasteiger partial charge in [-0.05, 0) is 43.1 Å². The van der Waals surface area contributed by atoms with Gasteiger partial charge in [0, 0.05) is 0 Å².